The Balaban J connectivity index is 3.45. The summed E-state index contributed by atoms with van der Waals surface area (Å²) in [4.78, 5) is 0. The summed E-state index contributed by atoms with van der Waals surface area (Å²) >= 11 is 0. The van der Waals surface area contributed by atoms with E-state index in [9.17, 15) is 4.39 Å². The molecule has 0 aromatic heterocycles. The van der Waals surface area contributed by atoms with Crippen molar-refractivity contribution in [2.75, 3.05) is 7.11 Å². The van der Waals surface area contributed by atoms with Gasteiger partial charge in [0.05, 0.1) is 19.1 Å². The number of methoxy groups -OCH3 is 1. The summed E-state index contributed by atoms with van der Waals surface area (Å²) in [7, 11) is 1.44. The minimum Gasteiger partial charge on any atom is -0.493 e. The third kappa shape index (κ3) is 1.94. The lowest BCUT2D eigenvalue weighted by Crippen LogP contribution is -2.01. The first kappa shape index (κ1) is 11.5. The van der Waals surface area contributed by atoms with E-state index in [1.807, 2.05) is 0 Å². The minimum absolute atomic E-state index is 0.243. The number of hydrogen-bond donors (Lipinski definition) is 0. The normalized spacial score (nSPS) is 12.0. The molecule has 0 fully saturated rings. The Morgan fingerprint density at radius 1 is 1.47 bits per heavy atom. The molecule has 0 heterocycles. The summed E-state index contributed by atoms with van der Waals surface area (Å²) in [6.45, 7) is 5.23. The summed E-state index contributed by atoms with van der Waals surface area (Å²) in [5.74, 6) is -0.353. The fourth-order valence-corrected chi connectivity index (χ4v) is 1.64. The van der Waals surface area contributed by atoms with E-state index in [0.717, 1.165) is 5.56 Å². The number of aryl methyl sites for hydroxylation is 1. The molecule has 0 N–H and O–H groups in total. The van der Waals surface area contributed by atoms with Crippen molar-refractivity contribution < 1.29 is 9.13 Å². The lowest BCUT2D eigenvalue weighted by molar-refractivity contribution is 0.381. The molecule has 0 aliphatic heterocycles. The van der Waals surface area contributed by atoms with E-state index >= 15 is 0 Å². The Morgan fingerprint density at radius 2 is 2.07 bits per heavy atom. The quantitative estimate of drug-likeness (QED) is 0.746. The van der Waals surface area contributed by atoms with E-state index in [1.54, 1.807) is 26.8 Å². The molecule has 1 atom stereocenters. The third-order valence-corrected chi connectivity index (χ3v) is 2.56. The highest BCUT2D eigenvalue weighted by Gasteiger charge is 2.17. The molecular formula is C12H14FNO. The molecule has 0 aliphatic carbocycles. The zero-order valence-electron chi connectivity index (χ0n) is 9.39. The molecule has 0 spiro atoms. The topological polar surface area (TPSA) is 33.0 Å². The smallest absolute Gasteiger partial charge is 0.168 e. The molecule has 0 amide bonds. The highest BCUT2D eigenvalue weighted by molar-refractivity contribution is 5.46. The van der Waals surface area contributed by atoms with Crippen molar-refractivity contribution in [2.45, 2.75) is 26.7 Å². The summed E-state index contributed by atoms with van der Waals surface area (Å²) in [5, 5.41) is 8.85. The van der Waals surface area contributed by atoms with Crippen molar-refractivity contribution in [3.63, 3.8) is 0 Å². The van der Waals surface area contributed by atoms with Crippen LogP contribution in [-0.2, 0) is 0 Å². The summed E-state index contributed by atoms with van der Waals surface area (Å²) in [5.41, 5.74) is 2.04. The number of rotatable bonds is 2. The van der Waals surface area contributed by atoms with Crippen LogP contribution in [0.1, 0.15) is 29.5 Å². The molecule has 2 nitrogen and oxygen atoms in total. The number of nitrogens with zero attached hydrogens (tertiary/aromatic N) is 1. The van der Waals surface area contributed by atoms with Gasteiger partial charge in [-0.1, -0.05) is 6.07 Å². The molecule has 0 bridgehead atoms. The number of halogens is 1. The molecule has 0 aliphatic rings. The summed E-state index contributed by atoms with van der Waals surface area (Å²) in [6, 6.07) is 3.85. The first-order chi connectivity index (χ1) is 7.02. The predicted octanol–water partition coefficient (Wildman–Crippen LogP) is 3.08. The van der Waals surface area contributed by atoms with Gasteiger partial charge < -0.3 is 4.74 Å². The average molecular weight is 207 g/mol. The second-order valence-corrected chi connectivity index (χ2v) is 3.61. The van der Waals surface area contributed by atoms with E-state index in [4.69, 9.17) is 10.00 Å². The summed E-state index contributed by atoms with van der Waals surface area (Å²) < 4.78 is 18.6. The van der Waals surface area contributed by atoms with Gasteiger partial charge in [0.15, 0.2) is 11.6 Å². The Morgan fingerprint density at radius 3 is 2.53 bits per heavy atom. The number of hydrogen-bond acceptors (Lipinski definition) is 2. The van der Waals surface area contributed by atoms with Gasteiger partial charge in [0.1, 0.15) is 0 Å². The van der Waals surface area contributed by atoms with Crippen LogP contribution in [0.15, 0.2) is 6.07 Å². The zero-order chi connectivity index (χ0) is 11.6. The van der Waals surface area contributed by atoms with Gasteiger partial charge in [-0.15, -0.1) is 0 Å². The Hall–Kier alpha value is -1.56. The van der Waals surface area contributed by atoms with Crippen molar-refractivity contribution in [3.8, 4) is 11.8 Å². The van der Waals surface area contributed by atoms with Crippen LogP contribution in [0.5, 0.6) is 5.75 Å². The van der Waals surface area contributed by atoms with E-state index in [1.165, 1.54) is 7.11 Å². The average Bonchev–Trinajstić information content (AvgIpc) is 2.23. The molecule has 0 saturated carbocycles. The maximum atomic E-state index is 13.6. The fourth-order valence-electron chi connectivity index (χ4n) is 1.64. The molecule has 0 radical (unpaired) electrons. The summed E-state index contributed by atoms with van der Waals surface area (Å²) in [6.07, 6.45) is 0. The molecular weight excluding hydrogens is 193 g/mol. The van der Waals surface area contributed by atoms with Crippen LogP contribution in [0.2, 0.25) is 0 Å². The molecule has 0 saturated heterocycles. The molecule has 15 heavy (non-hydrogen) atoms. The van der Waals surface area contributed by atoms with Crippen LogP contribution >= 0.6 is 0 Å². The maximum Gasteiger partial charge on any atom is 0.168 e. The SMILES string of the molecule is COc1c(C)c(C(C)C#N)cc(C)c1F. The van der Waals surface area contributed by atoms with Crippen molar-refractivity contribution in [2.24, 2.45) is 0 Å². The Labute approximate surface area is 89.3 Å². The molecule has 80 valence electrons. The standard InChI is InChI=1S/C12H14FNO/c1-7-5-10(8(2)6-14)9(3)12(15-4)11(7)13/h5,8H,1-4H3. The minimum atomic E-state index is -0.344. The third-order valence-electron chi connectivity index (χ3n) is 2.56. The first-order valence-corrected chi connectivity index (χ1v) is 4.76. The van der Waals surface area contributed by atoms with Crippen LogP contribution in [-0.4, -0.2) is 7.11 Å². The largest absolute Gasteiger partial charge is 0.493 e. The second-order valence-electron chi connectivity index (χ2n) is 3.61. The van der Waals surface area contributed by atoms with Gasteiger partial charge in [-0.05, 0) is 37.5 Å². The highest BCUT2D eigenvalue weighted by Crippen LogP contribution is 2.31. The van der Waals surface area contributed by atoms with Crippen LogP contribution in [0.25, 0.3) is 0 Å². The highest BCUT2D eigenvalue weighted by atomic mass is 19.1. The molecule has 1 aromatic carbocycles. The predicted molar refractivity (Wildman–Crippen MR) is 56.5 cm³/mol. The molecule has 1 unspecified atom stereocenters. The van der Waals surface area contributed by atoms with Crippen molar-refractivity contribution in [1.29, 1.82) is 5.26 Å². The molecule has 1 aromatic rings. The van der Waals surface area contributed by atoms with E-state index < -0.39 is 0 Å². The van der Waals surface area contributed by atoms with Crippen LogP contribution in [0.3, 0.4) is 0 Å². The number of ether oxygens (including phenoxy) is 1. The van der Waals surface area contributed by atoms with Crippen LogP contribution in [0.4, 0.5) is 4.39 Å². The molecule has 3 heteroatoms. The van der Waals surface area contributed by atoms with Gasteiger partial charge in [0.25, 0.3) is 0 Å². The van der Waals surface area contributed by atoms with Gasteiger partial charge in [-0.25, -0.2) is 4.39 Å². The molecule has 1 rings (SSSR count). The van der Waals surface area contributed by atoms with Crippen LogP contribution in [0, 0.1) is 31.0 Å². The van der Waals surface area contributed by atoms with Gasteiger partial charge in [0.2, 0.25) is 0 Å². The van der Waals surface area contributed by atoms with E-state index in [-0.39, 0.29) is 17.5 Å². The van der Waals surface area contributed by atoms with Crippen molar-refractivity contribution in [1.82, 2.24) is 0 Å². The number of nitriles is 1. The van der Waals surface area contributed by atoms with Gasteiger partial charge in [-0.2, -0.15) is 5.26 Å². The number of benzene rings is 1. The van der Waals surface area contributed by atoms with Gasteiger partial charge >= 0.3 is 0 Å². The fraction of sp³-hybridized carbons (Fsp3) is 0.417. The van der Waals surface area contributed by atoms with Crippen molar-refractivity contribution >= 4 is 0 Å². The maximum absolute atomic E-state index is 13.6. The van der Waals surface area contributed by atoms with E-state index in [0.29, 0.717) is 11.1 Å². The lowest BCUT2D eigenvalue weighted by atomic mass is 9.94. The first-order valence-electron chi connectivity index (χ1n) is 4.76. The van der Waals surface area contributed by atoms with Gasteiger partial charge in [0, 0.05) is 0 Å². The van der Waals surface area contributed by atoms with E-state index in [2.05, 4.69) is 6.07 Å². The van der Waals surface area contributed by atoms with Crippen molar-refractivity contribution in [3.05, 3.63) is 28.6 Å². The van der Waals surface area contributed by atoms with Gasteiger partial charge in [-0.3, -0.25) is 0 Å². The Kier molecular flexibility index (Phi) is 3.31. The zero-order valence-corrected chi connectivity index (χ0v) is 9.39. The lowest BCUT2D eigenvalue weighted by Gasteiger charge is -2.14. The Bertz CT molecular complexity index is 421. The monoisotopic (exact) mass is 207 g/mol. The second kappa shape index (κ2) is 4.31. The van der Waals surface area contributed by atoms with Crippen LogP contribution < -0.4 is 4.74 Å².